The lowest BCUT2D eigenvalue weighted by atomic mass is 10.1. The Labute approximate surface area is 108 Å². The number of hydrogen-bond donors (Lipinski definition) is 0. The molecule has 0 aliphatic heterocycles. The fraction of sp³-hybridized carbons (Fsp3) is 0.429. The predicted molar refractivity (Wildman–Crippen MR) is 73.2 cm³/mol. The standard InChI is InChI=1S/C14H17ClN2/c1-4-5-6-10(2)17-14-8-7-13(15)12(9-16)11(14)3/h7-8H,4-6H2,1-3H3. The normalized spacial score (nSPS) is 11.4. The molecule has 0 radical (unpaired) electrons. The molecule has 17 heavy (non-hydrogen) atoms. The zero-order valence-electron chi connectivity index (χ0n) is 10.5. The second kappa shape index (κ2) is 6.42. The van der Waals surface area contributed by atoms with E-state index >= 15 is 0 Å². The molecule has 0 aliphatic carbocycles. The van der Waals surface area contributed by atoms with Gasteiger partial charge < -0.3 is 0 Å². The number of rotatable bonds is 4. The van der Waals surface area contributed by atoms with Gasteiger partial charge in [0.25, 0.3) is 0 Å². The molecule has 1 aromatic carbocycles. The zero-order chi connectivity index (χ0) is 12.8. The molecule has 0 saturated carbocycles. The molecule has 0 saturated heterocycles. The van der Waals surface area contributed by atoms with Crippen LogP contribution in [0.5, 0.6) is 0 Å². The molecule has 0 bridgehead atoms. The van der Waals surface area contributed by atoms with E-state index in [0.29, 0.717) is 10.6 Å². The van der Waals surface area contributed by atoms with Crippen molar-refractivity contribution in [2.24, 2.45) is 4.99 Å². The van der Waals surface area contributed by atoms with Crippen LogP contribution >= 0.6 is 11.6 Å². The Kier molecular flexibility index (Phi) is 5.18. The van der Waals surface area contributed by atoms with Crippen molar-refractivity contribution in [2.45, 2.75) is 40.0 Å². The summed E-state index contributed by atoms with van der Waals surface area (Å²) in [5, 5.41) is 9.51. The molecule has 0 N–H and O–H groups in total. The highest BCUT2D eigenvalue weighted by Crippen LogP contribution is 2.28. The minimum Gasteiger partial charge on any atom is -0.258 e. The summed E-state index contributed by atoms with van der Waals surface area (Å²) in [6.07, 6.45) is 3.31. The second-order valence-electron chi connectivity index (χ2n) is 4.13. The van der Waals surface area contributed by atoms with Crippen molar-refractivity contribution in [1.29, 1.82) is 5.26 Å². The van der Waals surface area contributed by atoms with Crippen LogP contribution in [-0.2, 0) is 0 Å². The number of nitrogens with zero attached hydrogens (tertiary/aromatic N) is 2. The molecule has 0 aromatic heterocycles. The maximum absolute atomic E-state index is 9.02. The number of halogens is 1. The number of nitriles is 1. The molecule has 0 spiro atoms. The first kappa shape index (κ1) is 13.7. The van der Waals surface area contributed by atoms with Crippen LogP contribution in [0.4, 0.5) is 5.69 Å². The maximum Gasteiger partial charge on any atom is 0.101 e. The average molecular weight is 249 g/mol. The lowest BCUT2D eigenvalue weighted by molar-refractivity contribution is 0.833. The van der Waals surface area contributed by atoms with E-state index in [9.17, 15) is 0 Å². The summed E-state index contributed by atoms with van der Waals surface area (Å²) in [4.78, 5) is 4.55. The predicted octanol–water partition coefficient (Wildman–Crippen LogP) is 4.80. The van der Waals surface area contributed by atoms with Gasteiger partial charge in [-0.05, 0) is 44.4 Å². The summed E-state index contributed by atoms with van der Waals surface area (Å²) in [6.45, 7) is 6.07. The minimum absolute atomic E-state index is 0.496. The second-order valence-corrected chi connectivity index (χ2v) is 4.54. The Morgan fingerprint density at radius 1 is 1.47 bits per heavy atom. The number of aliphatic imine (C=N–C) groups is 1. The summed E-state index contributed by atoms with van der Waals surface area (Å²) >= 11 is 5.95. The zero-order valence-corrected chi connectivity index (χ0v) is 11.3. The van der Waals surface area contributed by atoms with Gasteiger partial charge in [-0.3, -0.25) is 4.99 Å². The molecule has 0 fully saturated rings. The highest BCUT2D eigenvalue weighted by Gasteiger charge is 2.07. The van der Waals surface area contributed by atoms with E-state index < -0.39 is 0 Å². The van der Waals surface area contributed by atoms with Crippen LogP contribution < -0.4 is 0 Å². The van der Waals surface area contributed by atoms with E-state index in [0.717, 1.165) is 36.2 Å². The van der Waals surface area contributed by atoms with Gasteiger partial charge >= 0.3 is 0 Å². The quantitative estimate of drug-likeness (QED) is 0.705. The van der Waals surface area contributed by atoms with Crippen molar-refractivity contribution in [3.05, 3.63) is 28.3 Å². The Bertz CT molecular complexity index is 470. The lowest BCUT2D eigenvalue weighted by Gasteiger charge is -2.06. The smallest absolute Gasteiger partial charge is 0.101 e. The van der Waals surface area contributed by atoms with Gasteiger partial charge in [-0.25, -0.2) is 0 Å². The molecule has 1 rings (SSSR count). The third-order valence-electron chi connectivity index (χ3n) is 2.70. The third-order valence-corrected chi connectivity index (χ3v) is 3.02. The van der Waals surface area contributed by atoms with Crippen LogP contribution in [0.25, 0.3) is 0 Å². The minimum atomic E-state index is 0.496. The van der Waals surface area contributed by atoms with Crippen molar-refractivity contribution in [1.82, 2.24) is 0 Å². The lowest BCUT2D eigenvalue weighted by Crippen LogP contribution is -1.92. The first-order chi connectivity index (χ1) is 8.10. The van der Waals surface area contributed by atoms with Gasteiger partial charge in [0.1, 0.15) is 6.07 Å². The monoisotopic (exact) mass is 248 g/mol. The van der Waals surface area contributed by atoms with Crippen LogP contribution in [0.15, 0.2) is 17.1 Å². The number of unbranched alkanes of at least 4 members (excludes halogenated alkanes) is 1. The third kappa shape index (κ3) is 3.57. The van der Waals surface area contributed by atoms with Crippen LogP contribution in [0.2, 0.25) is 5.02 Å². The Morgan fingerprint density at radius 2 is 2.18 bits per heavy atom. The van der Waals surface area contributed by atoms with Gasteiger partial charge in [0.05, 0.1) is 16.3 Å². The molecule has 90 valence electrons. The van der Waals surface area contributed by atoms with Gasteiger partial charge in [-0.15, -0.1) is 0 Å². The first-order valence-electron chi connectivity index (χ1n) is 5.83. The van der Waals surface area contributed by atoms with Crippen molar-refractivity contribution in [3.63, 3.8) is 0 Å². The molecule has 1 aromatic rings. The maximum atomic E-state index is 9.02. The molecule has 0 heterocycles. The number of hydrogen-bond acceptors (Lipinski definition) is 2. The molecule has 0 atom stereocenters. The van der Waals surface area contributed by atoms with Crippen molar-refractivity contribution in [2.75, 3.05) is 0 Å². The fourth-order valence-corrected chi connectivity index (χ4v) is 1.87. The number of benzene rings is 1. The molecular weight excluding hydrogens is 232 g/mol. The Morgan fingerprint density at radius 3 is 2.76 bits per heavy atom. The van der Waals surface area contributed by atoms with E-state index in [1.165, 1.54) is 0 Å². The van der Waals surface area contributed by atoms with Crippen LogP contribution in [-0.4, -0.2) is 5.71 Å². The molecule has 0 aliphatic rings. The Balaban J connectivity index is 3.04. The summed E-state index contributed by atoms with van der Waals surface area (Å²) in [5.41, 5.74) is 3.33. The molecule has 2 nitrogen and oxygen atoms in total. The largest absolute Gasteiger partial charge is 0.258 e. The van der Waals surface area contributed by atoms with Crippen molar-refractivity contribution in [3.8, 4) is 6.07 Å². The molecule has 3 heteroatoms. The van der Waals surface area contributed by atoms with E-state index in [2.05, 4.69) is 18.0 Å². The Hall–Kier alpha value is -1.33. The SMILES string of the molecule is CCCCC(C)=Nc1ccc(Cl)c(C#N)c1C. The first-order valence-corrected chi connectivity index (χ1v) is 6.21. The van der Waals surface area contributed by atoms with Gasteiger partial charge in [0, 0.05) is 5.71 Å². The highest BCUT2D eigenvalue weighted by molar-refractivity contribution is 6.32. The highest BCUT2D eigenvalue weighted by atomic mass is 35.5. The van der Waals surface area contributed by atoms with Gasteiger partial charge in [0.2, 0.25) is 0 Å². The molecule has 0 amide bonds. The topological polar surface area (TPSA) is 36.1 Å². The van der Waals surface area contributed by atoms with Gasteiger partial charge in [-0.1, -0.05) is 24.9 Å². The fourth-order valence-electron chi connectivity index (χ4n) is 1.62. The van der Waals surface area contributed by atoms with E-state index in [-0.39, 0.29) is 0 Å². The van der Waals surface area contributed by atoms with E-state index in [1.54, 1.807) is 6.07 Å². The van der Waals surface area contributed by atoms with Crippen LogP contribution in [0.1, 0.15) is 44.2 Å². The van der Waals surface area contributed by atoms with Gasteiger partial charge in [0.15, 0.2) is 0 Å². The van der Waals surface area contributed by atoms with E-state index in [4.69, 9.17) is 16.9 Å². The summed E-state index contributed by atoms with van der Waals surface area (Å²) in [6, 6.07) is 5.72. The van der Waals surface area contributed by atoms with E-state index in [1.807, 2.05) is 19.9 Å². The summed E-state index contributed by atoms with van der Waals surface area (Å²) in [7, 11) is 0. The molecule has 0 unspecified atom stereocenters. The van der Waals surface area contributed by atoms with Crippen LogP contribution in [0.3, 0.4) is 0 Å². The van der Waals surface area contributed by atoms with Gasteiger partial charge in [-0.2, -0.15) is 5.26 Å². The summed E-state index contributed by atoms with van der Waals surface area (Å²) < 4.78 is 0. The van der Waals surface area contributed by atoms with Crippen molar-refractivity contribution < 1.29 is 0 Å². The average Bonchev–Trinajstić information content (AvgIpc) is 2.31. The van der Waals surface area contributed by atoms with Crippen LogP contribution in [0, 0.1) is 18.3 Å². The summed E-state index contributed by atoms with van der Waals surface area (Å²) in [5.74, 6) is 0. The van der Waals surface area contributed by atoms with Crippen molar-refractivity contribution >= 4 is 23.0 Å². The molecular formula is C14H17ClN2.